The topological polar surface area (TPSA) is 113 Å². The van der Waals surface area contributed by atoms with Crippen LogP contribution in [0.3, 0.4) is 0 Å². The van der Waals surface area contributed by atoms with E-state index in [0.717, 1.165) is 7.11 Å². The van der Waals surface area contributed by atoms with Gasteiger partial charge in [-0.15, -0.1) is 0 Å². The summed E-state index contributed by atoms with van der Waals surface area (Å²) in [5.74, 6) is -0.953. The zero-order chi connectivity index (χ0) is 15.5. The van der Waals surface area contributed by atoms with Crippen LogP contribution in [0.15, 0.2) is 11.1 Å². The number of H-pyrrole nitrogens is 1. The van der Waals surface area contributed by atoms with Crippen molar-refractivity contribution in [2.75, 3.05) is 7.11 Å². The number of aliphatic hydroxyl groups excluding tert-OH is 2. The van der Waals surface area contributed by atoms with Gasteiger partial charge in [-0.2, -0.15) is 13.2 Å². The number of aromatic nitrogens is 2. The Kier molecular flexibility index (Phi) is 4.84. The second kappa shape index (κ2) is 6.01. The fourth-order valence-corrected chi connectivity index (χ4v) is 1.47. The molecule has 20 heavy (non-hydrogen) atoms. The van der Waals surface area contributed by atoms with E-state index >= 15 is 0 Å². The minimum atomic E-state index is -4.99. The number of hydrogen-bond acceptors (Lipinski definition) is 6. The Bertz CT molecular complexity index is 542. The predicted octanol–water partition coefficient (Wildman–Crippen LogP) is -0.254. The second-order valence-corrected chi connectivity index (χ2v) is 3.78. The van der Waals surface area contributed by atoms with Gasteiger partial charge in [0.2, 0.25) is 0 Å². The van der Waals surface area contributed by atoms with Crippen LogP contribution in [0, 0.1) is 0 Å². The summed E-state index contributed by atoms with van der Waals surface area (Å²) in [6.07, 6.45) is -9.41. The van der Waals surface area contributed by atoms with Crippen molar-refractivity contribution in [2.24, 2.45) is 0 Å². The Morgan fingerprint density at radius 1 is 1.50 bits per heavy atom. The molecule has 0 aromatic carbocycles. The Balaban J connectivity index is 3.18. The van der Waals surface area contributed by atoms with E-state index in [0.29, 0.717) is 6.33 Å². The highest BCUT2D eigenvalue weighted by Crippen LogP contribution is 2.32. The molecule has 7 nitrogen and oxygen atoms in total. The van der Waals surface area contributed by atoms with E-state index in [1.54, 1.807) is 0 Å². The molecule has 0 saturated carbocycles. The van der Waals surface area contributed by atoms with E-state index in [4.69, 9.17) is 0 Å². The summed E-state index contributed by atoms with van der Waals surface area (Å²) in [6.45, 7) is 0. The summed E-state index contributed by atoms with van der Waals surface area (Å²) in [7, 11) is 0.999. The van der Waals surface area contributed by atoms with Gasteiger partial charge < -0.3 is 19.9 Å². The Labute approximate surface area is 110 Å². The first kappa shape index (κ1) is 16.1. The monoisotopic (exact) mass is 296 g/mol. The number of nitrogens with zero attached hydrogens (tertiary/aromatic N) is 1. The van der Waals surface area contributed by atoms with E-state index in [1.807, 2.05) is 4.98 Å². The summed E-state index contributed by atoms with van der Waals surface area (Å²) < 4.78 is 42.2. The zero-order valence-electron chi connectivity index (χ0n) is 10.1. The summed E-state index contributed by atoms with van der Waals surface area (Å²) in [5, 5.41) is 19.1. The molecule has 2 atom stereocenters. The maximum atomic E-state index is 12.7. The first-order valence-electron chi connectivity index (χ1n) is 5.26. The number of nitrogens with one attached hydrogen (secondary N) is 1. The Hall–Kier alpha value is -1.94. The Morgan fingerprint density at radius 3 is 2.60 bits per heavy atom. The van der Waals surface area contributed by atoms with E-state index in [-0.39, 0.29) is 0 Å². The van der Waals surface area contributed by atoms with Gasteiger partial charge in [0.15, 0.2) is 5.69 Å². The highest BCUT2D eigenvalue weighted by Gasteiger charge is 2.40. The first-order valence-corrected chi connectivity index (χ1v) is 5.26. The van der Waals surface area contributed by atoms with Crippen LogP contribution in [-0.4, -0.2) is 39.4 Å². The largest absolute Gasteiger partial charge is 0.469 e. The van der Waals surface area contributed by atoms with Gasteiger partial charge in [0, 0.05) is 0 Å². The number of alkyl halides is 3. The summed E-state index contributed by atoms with van der Waals surface area (Å²) in [6, 6.07) is 0. The van der Waals surface area contributed by atoms with Gasteiger partial charge in [-0.25, -0.2) is 4.98 Å². The molecule has 0 aliphatic carbocycles. The number of aromatic amines is 1. The number of carbonyl (C=O) groups excluding carboxylic acids is 1. The lowest BCUT2D eigenvalue weighted by atomic mass is 10.0. The van der Waals surface area contributed by atoms with Crippen LogP contribution < -0.4 is 5.56 Å². The molecule has 2 unspecified atom stereocenters. The number of hydrogen-bond donors (Lipinski definition) is 3. The molecule has 112 valence electrons. The number of esters is 1. The quantitative estimate of drug-likeness (QED) is 0.660. The van der Waals surface area contributed by atoms with Crippen LogP contribution in [0.5, 0.6) is 0 Å². The SMILES string of the molecule is COC(=O)CC(O)C(O)c1c(C(F)(F)F)nc[nH]c1=O. The van der Waals surface area contributed by atoms with Crippen molar-refractivity contribution < 1.29 is 32.9 Å². The van der Waals surface area contributed by atoms with Crippen LogP contribution >= 0.6 is 0 Å². The number of aliphatic hydroxyl groups is 2. The van der Waals surface area contributed by atoms with E-state index in [9.17, 15) is 33.0 Å². The van der Waals surface area contributed by atoms with Crippen LogP contribution in [-0.2, 0) is 15.7 Å². The van der Waals surface area contributed by atoms with Gasteiger partial charge in [0.05, 0.1) is 31.5 Å². The van der Waals surface area contributed by atoms with Gasteiger partial charge in [0.1, 0.15) is 6.10 Å². The van der Waals surface area contributed by atoms with E-state index < -0.39 is 47.6 Å². The lowest BCUT2D eigenvalue weighted by Crippen LogP contribution is -2.31. The molecular formula is C10H11F3N2O5. The van der Waals surface area contributed by atoms with E-state index in [1.165, 1.54) is 0 Å². The molecular weight excluding hydrogens is 285 g/mol. The van der Waals surface area contributed by atoms with Crippen molar-refractivity contribution in [1.29, 1.82) is 0 Å². The lowest BCUT2D eigenvalue weighted by Gasteiger charge is -2.19. The molecule has 0 aliphatic rings. The molecule has 0 fully saturated rings. The molecule has 0 aliphatic heterocycles. The highest BCUT2D eigenvalue weighted by atomic mass is 19.4. The summed E-state index contributed by atoms with van der Waals surface area (Å²) >= 11 is 0. The molecule has 1 heterocycles. The van der Waals surface area contributed by atoms with Crippen molar-refractivity contribution in [2.45, 2.75) is 24.8 Å². The smallest absolute Gasteiger partial charge is 0.433 e. The van der Waals surface area contributed by atoms with Gasteiger partial charge in [0.25, 0.3) is 5.56 Å². The van der Waals surface area contributed by atoms with Gasteiger partial charge in [-0.3, -0.25) is 9.59 Å². The number of halogens is 3. The average Bonchev–Trinajstić information content (AvgIpc) is 2.36. The molecule has 0 spiro atoms. The molecule has 3 N–H and O–H groups in total. The molecule has 1 rings (SSSR count). The van der Waals surface area contributed by atoms with Crippen molar-refractivity contribution in [3.05, 3.63) is 27.9 Å². The number of ether oxygens (including phenoxy) is 1. The first-order chi connectivity index (χ1) is 9.18. The minimum Gasteiger partial charge on any atom is -0.469 e. The van der Waals surface area contributed by atoms with Gasteiger partial charge in [-0.1, -0.05) is 0 Å². The lowest BCUT2D eigenvalue weighted by molar-refractivity contribution is -0.146. The summed E-state index contributed by atoms with van der Waals surface area (Å²) in [4.78, 5) is 27.1. The van der Waals surface area contributed by atoms with Gasteiger partial charge in [-0.05, 0) is 0 Å². The highest BCUT2D eigenvalue weighted by molar-refractivity contribution is 5.69. The van der Waals surface area contributed by atoms with Gasteiger partial charge >= 0.3 is 12.1 Å². The fraction of sp³-hybridized carbons (Fsp3) is 0.500. The predicted molar refractivity (Wildman–Crippen MR) is 57.5 cm³/mol. The molecule has 1 aromatic rings. The second-order valence-electron chi connectivity index (χ2n) is 3.78. The van der Waals surface area contributed by atoms with Crippen LogP contribution in [0.4, 0.5) is 13.2 Å². The zero-order valence-corrected chi connectivity index (χ0v) is 10.1. The number of rotatable bonds is 4. The molecule has 0 radical (unpaired) electrons. The molecule has 0 amide bonds. The third-order valence-electron chi connectivity index (χ3n) is 2.42. The average molecular weight is 296 g/mol. The van der Waals surface area contributed by atoms with Crippen molar-refractivity contribution in [3.63, 3.8) is 0 Å². The molecule has 10 heteroatoms. The van der Waals surface area contributed by atoms with Crippen molar-refractivity contribution in [1.82, 2.24) is 9.97 Å². The molecule has 0 saturated heterocycles. The third kappa shape index (κ3) is 3.54. The molecule has 0 bridgehead atoms. The fourth-order valence-electron chi connectivity index (χ4n) is 1.47. The van der Waals surface area contributed by atoms with Crippen LogP contribution in [0.1, 0.15) is 23.8 Å². The van der Waals surface area contributed by atoms with Crippen LogP contribution in [0.25, 0.3) is 0 Å². The maximum absolute atomic E-state index is 12.7. The maximum Gasteiger partial charge on any atom is 0.433 e. The van der Waals surface area contributed by atoms with Crippen molar-refractivity contribution in [3.8, 4) is 0 Å². The van der Waals surface area contributed by atoms with Crippen LogP contribution in [0.2, 0.25) is 0 Å². The number of methoxy groups -OCH3 is 1. The van der Waals surface area contributed by atoms with E-state index in [2.05, 4.69) is 9.72 Å². The van der Waals surface area contributed by atoms with Crippen molar-refractivity contribution >= 4 is 5.97 Å². The standard InChI is InChI=1S/C10H11F3N2O5/c1-20-5(17)2-4(16)7(18)6-8(10(11,12)13)14-3-15-9(6)19/h3-4,7,16,18H,2H2,1H3,(H,14,15,19). The molecule has 1 aromatic heterocycles. The number of carbonyl (C=O) groups is 1. The summed E-state index contributed by atoms with van der Waals surface area (Å²) in [5.41, 5.74) is -4.04. The normalized spacial score (nSPS) is 14.7. The third-order valence-corrected chi connectivity index (χ3v) is 2.42. The Morgan fingerprint density at radius 2 is 2.10 bits per heavy atom. The minimum absolute atomic E-state index is 0.522.